The third-order valence-electron chi connectivity index (χ3n) is 3.94. The Bertz CT molecular complexity index is 479. The Hall–Kier alpha value is -0.960. The number of rotatable bonds is 4. The average molecular weight is 262 g/mol. The van der Waals surface area contributed by atoms with E-state index in [1.54, 1.807) is 0 Å². The minimum atomic E-state index is -0.666. The molecule has 1 heterocycles. The van der Waals surface area contributed by atoms with Gasteiger partial charge < -0.3 is 5.11 Å². The summed E-state index contributed by atoms with van der Waals surface area (Å²) >= 11 is 1.93. The first kappa shape index (κ1) is 12.1. The van der Waals surface area contributed by atoms with Gasteiger partial charge in [0.1, 0.15) is 0 Å². The van der Waals surface area contributed by atoms with E-state index in [2.05, 4.69) is 25.1 Å². The molecule has 1 fully saturated rings. The monoisotopic (exact) mass is 262 g/mol. The van der Waals surface area contributed by atoms with Crippen molar-refractivity contribution in [1.82, 2.24) is 0 Å². The number of fused-ring (bicyclic) bond motifs is 1. The molecule has 0 radical (unpaired) electrons. The SMILES string of the molecule is CC1Cc2cccc(C(CC(=O)O)C3CC3)c2S1. The zero-order valence-electron chi connectivity index (χ0n) is 10.6. The normalized spacial score (nSPS) is 23.7. The maximum Gasteiger partial charge on any atom is 0.303 e. The molecule has 1 aromatic carbocycles. The smallest absolute Gasteiger partial charge is 0.303 e. The van der Waals surface area contributed by atoms with Gasteiger partial charge in [0.25, 0.3) is 0 Å². The van der Waals surface area contributed by atoms with Crippen LogP contribution in [0, 0.1) is 5.92 Å². The predicted molar refractivity (Wildman–Crippen MR) is 73.2 cm³/mol. The van der Waals surface area contributed by atoms with Crippen LogP contribution in [-0.4, -0.2) is 16.3 Å². The molecule has 2 nitrogen and oxygen atoms in total. The third-order valence-corrected chi connectivity index (χ3v) is 5.24. The Morgan fingerprint density at radius 2 is 2.28 bits per heavy atom. The molecule has 0 aromatic heterocycles. The maximum atomic E-state index is 11.1. The van der Waals surface area contributed by atoms with Crippen molar-refractivity contribution in [2.45, 2.75) is 48.7 Å². The molecule has 2 aliphatic rings. The molecule has 96 valence electrons. The van der Waals surface area contributed by atoms with E-state index < -0.39 is 5.97 Å². The van der Waals surface area contributed by atoms with E-state index in [1.807, 2.05) is 11.8 Å². The Labute approximate surface area is 112 Å². The fourth-order valence-electron chi connectivity index (χ4n) is 2.97. The Morgan fingerprint density at radius 1 is 1.50 bits per heavy atom. The second kappa shape index (κ2) is 4.61. The number of carbonyl (C=O) groups is 1. The largest absolute Gasteiger partial charge is 0.481 e. The maximum absolute atomic E-state index is 11.1. The van der Waals surface area contributed by atoms with Crippen LogP contribution in [0.3, 0.4) is 0 Å². The van der Waals surface area contributed by atoms with E-state index in [0.29, 0.717) is 11.2 Å². The van der Waals surface area contributed by atoms with Crippen molar-refractivity contribution in [2.75, 3.05) is 0 Å². The number of thioether (sulfide) groups is 1. The molecule has 2 unspecified atom stereocenters. The number of carboxylic acids is 1. The lowest BCUT2D eigenvalue weighted by Crippen LogP contribution is -2.09. The highest BCUT2D eigenvalue weighted by atomic mass is 32.2. The van der Waals surface area contributed by atoms with Gasteiger partial charge in [0.05, 0.1) is 6.42 Å². The highest BCUT2D eigenvalue weighted by Crippen LogP contribution is 2.49. The summed E-state index contributed by atoms with van der Waals surface area (Å²) in [5, 5.41) is 9.75. The third kappa shape index (κ3) is 2.28. The van der Waals surface area contributed by atoms with Gasteiger partial charge >= 0.3 is 5.97 Å². The van der Waals surface area contributed by atoms with E-state index in [4.69, 9.17) is 5.11 Å². The summed E-state index contributed by atoms with van der Waals surface area (Å²) in [4.78, 5) is 12.5. The molecule has 0 bridgehead atoms. The van der Waals surface area contributed by atoms with E-state index in [0.717, 1.165) is 6.42 Å². The van der Waals surface area contributed by atoms with E-state index in [-0.39, 0.29) is 12.3 Å². The second-order valence-electron chi connectivity index (χ2n) is 5.51. The first-order valence-electron chi connectivity index (χ1n) is 6.65. The summed E-state index contributed by atoms with van der Waals surface area (Å²) in [6, 6.07) is 6.44. The number of carboxylic acid groups (broad SMARTS) is 1. The molecule has 3 rings (SSSR count). The van der Waals surface area contributed by atoms with Gasteiger partial charge in [0.2, 0.25) is 0 Å². The minimum absolute atomic E-state index is 0.232. The van der Waals surface area contributed by atoms with Crippen LogP contribution < -0.4 is 0 Å². The van der Waals surface area contributed by atoms with Gasteiger partial charge in [0, 0.05) is 10.1 Å². The second-order valence-corrected chi connectivity index (χ2v) is 6.96. The molecule has 1 N–H and O–H groups in total. The quantitative estimate of drug-likeness (QED) is 0.899. The molecule has 18 heavy (non-hydrogen) atoms. The van der Waals surface area contributed by atoms with Crippen molar-refractivity contribution >= 4 is 17.7 Å². The molecule has 1 aliphatic carbocycles. The number of hydrogen-bond acceptors (Lipinski definition) is 2. The van der Waals surface area contributed by atoms with Crippen LogP contribution in [0.25, 0.3) is 0 Å². The molecule has 0 amide bonds. The highest BCUT2D eigenvalue weighted by molar-refractivity contribution is 8.00. The summed E-state index contributed by atoms with van der Waals surface area (Å²) in [5.41, 5.74) is 2.72. The molecular weight excluding hydrogens is 244 g/mol. The number of hydrogen-bond donors (Lipinski definition) is 1. The van der Waals surface area contributed by atoms with Crippen LogP contribution in [0.2, 0.25) is 0 Å². The molecule has 3 heteroatoms. The van der Waals surface area contributed by atoms with Crippen LogP contribution in [0.5, 0.6) is 0 Å². The average Bonchev–Trinajstić information content (AvgIpc) is 3.06. The Kier molecular flexibility index (Phi) is 3.10. The van der Waals surface area contributed by atoms with E-state index in [1.165, 1.54) is 28.9 Å². The summed E-state index contributed by atoms with van der Waals surface area (Å²) < 4.78 is 0. The fraction of sp³-hybridized carbons (Fsp3) is 0.533. The van der Waals surface area contributed by atoms with E-state index >= 15 is 0 Å². The van der Waals surface area contributed by atoms with Gasteiger partial charge in [-0.25, -0.2) is 0 Å². The fourth-order valence-corrected chi connectivity index (χ4v) is 4.29. The van der Waals surface area contributed by atoms with Crippen LogP contribution in [0.1, 0.15) is 43.2 Å². The molecule has 0 spiro atoms. The van der Waals surface area contributed by atoms with Gasteiger partial charge in [-0.15, -0.1) is 11.8 Å². The van der Waals surface area contributed by atoms with Crippen LogP contribution in [0.4, 0.5) is 0 Å². The first-order chi connectivity index (χ1) is 8.65. The summed E-state index contributed by atoms with van der Waals surface area (Å²) in [6.45, 7) is 2.25. The highest BCUT2D eigenvalue weighted by Gasteiger charge is 2.36. The molecule has 1 saturated carbocycles. The summed E-state index contributed by atoms with van der Waals surface area (Å²) in [6.07, 6.45) is 3.80. The van der Waals surface area contributed by atoms with Crippen LogP contribution >= 0.6 is 11.8 Å². The molecule has 2 atom stereocenters. The van der Waals surface area contributed by atoms with Gasteiger partial charge in [0.15, 0.2) is 0 Å². The topological polar surface area (TPSA) is 37.3 Å². The Morgan fingerprint density at radius 3 is 2.94 bits per heavy atom. The molecular formula is C15H18O2S. The van der Waals surface area contributed by atoms with Gasteiger partial charge in [-0.05, 0) is 42.2 Å². The zero-order chi connectivity index (χ0) is 12.7. The summed E-state index contributed by atoms with van der Waals surface area (Å²) in [5.74, 6) is 0.167. The molecule has 1 aromatic rings. The van der Waals surface area contributed by atoms with Crippen molar-refractivity contribution < 1.29 is 9.90 Å². The van der Waals surface area contributed by atoms with Gasteiger partial charge in [-0.1, -0.05) is 25.1 Å². The van der Waals surface area contributed by atoms with Crippen molar-refractivity contribution in [3.63, 3.8) is 0 Å². The van der Waals surface area contributed by atoms with Crippen molar-refractivity contribution in [3.05, 3.63) is 29.3 Å². The molecule has 1 aliphatic heterocycles. The van der Waals surface area contributed by atoms with Crippen molar-refractivity contribution in [2.24, 2.45) is 5.92 Å². The molecule has 0 saturated heterocycles. The lowest BCUT2D eigenvalue weighted by Gasteiger charge is -2.18. The zero-order valence-corrected chi connectivity index (χ0v) is 11.4. The minimum Gasteiger partial charge on any atom is -0.481 e. The van der Waals surface area contributed by atoms with Gasteiger partial charge in [-0.3, -0.25) is 4.79 Å². The predicted octanol–water partition coefficient (Wildman–Crippen LogP) is 3.69. The Balaban J connectivity index is 1.95. The van der Waals surface area contributed by atoms with Crippen molar-refractivity contribution in [3.8, 4) is 0 Å². The van der Waals surface area contributed by atoms with Gasteiger partial charge in [-0.2, -0.15) is 0 Å². The summed E-state index contributed by atoms with van der Waals surface area (Å²) in [7, 11) is 0. The lowest BCUT2D eigenvalue weighted by atomic mass is 9.89. The standard InChI is InChI=1S/C15H18O2S/c1-9-7-11-3-2-4-12(15(11)18-9)13(8-14(16)17)10-5-6-10/h2-4,9-10,13H,5-8H2,1H3,(H,16,17). The van der Waals surface area contributed by atoms with Crippen LogP contribution in [0.15, 0.2) is 23.1 Å². The van der Waals surface area contributed by atoms with Crippen molar-refractivity contribution in [1.29, 1.82) is 0 Å². The van der Waals surface area contributed by atoms with E-state index in [9.17, 15) is 4.79 Å². The number of benzene rings is 1. The van der Waals surface area contributed by atoms with Crippen LogP contribution in [-0.2, 0) is 11.2 Å². The lowest BCUT2D eigenvalue weighted by molar-refractivity contribution is -0.137. The first-order valence-corrected chi connectivity index (χ1v) is 7.53. The number of aliphatic carboxylic acids is 1.